The first-order chi connectivity index (χ1) is 20.7. The summed E-state index contributed by atoms with van der Waals surface area (Å²) < 4.78 is 5.98. The maximum atomic E-state index is 14.3. The molecule has 4 rings (SSSR count). The number of fused-ring (bicyclic) bond motifs is 1. The van der Waals surface area contributed by atoms with Crippen molar-refractivity contribution in [3.63, 3.8) is 0 Å². The zero-order chi connectivity index (χ0) is 33.7. The summed E-state index contributed by atoms with van der Waals surface area (Å²) >= 11 is 0. The van der Waals surface area contributed by atoms with Crippen molar-refractivity contribution >= 4 is 35.8 Å². The monoisotopic (exact) mass is 631 g/mol. The van der Waals surface area contributed by atoms with E-state index < -0.39 is 64.0 Å². The van der Waals surface area contributed by atoms with Crippen molar-refractivity contribution in [2.75, 3.05) is 13.2 Å². The lowest BCUT2D eigenvalue weighted by molar-refractivity contribution is -0.145. The summed E-state index contributed by atoms with van der Waals surface area (Å²) in [5.74, 6) is -2.72. The number of Topliss-reactive ketones (excluding diaryl/α,β-unsaturated/α-hetero) is 1. The largest absolute Gasteiger partial charge is 0.375 e. The van der Waals surface area contributed by atoms with Crippen molar-refractivity contribution < 1.29 is 33.5 Å². The molecule has 3 aliphatic carbocycles. The number of amides is 5. The lowest BCUT2D eigenvalue weighted by Crippen LogP contribution is -2.67. The van der Waals surface area contributed by atoms with Gasteiger partial charge < -0.3 is 36.1 Å². The lowest BCUT2D eigenvalue weighted by Gasteiger charge is -2.43. The summed E-state index contributed by atoms with van der Waals surface area (Å²) in [5, 5.41) is 8.42. The van der Waals surface area contributed by atoms with E-state index >= 15 is 0 Å². The van der Waals surface area contributed by atoms with E-state index in [1.54, 1.807) is 0 Å². The Morgan fingerprint density at radius 1 is 1.00 bits per heavy atom. The fourth-order valence-electron chi connectivity index (χ4n) is 6.81. The number of carbonyl (C=O) groups is 6. The number of aldehydes is 1. The zero-order valence-corrected chi connectivity index (χ0v) is 28.2. The maximum Gasteiger partial charge on any atom is 0.316 e. The predicted molar refractivity (Wildman–Crippen MR) is 166 cm³/mol. The number of carbonyl (C=O) groups excluding carboxylic acids is 6. The summed E-state index contributed by atoms with van der Waals surface area (Å²) in [6.45, 7) is 15.4. The number of primary amides is 1. The van der Waals surface area contributed by atoms with Crippen LogP contribution in [0.3, 0.4) is 0 Å². The van der Waals surface area contributed by atoms with Gasteiger partial charge in [-0.25, -0.2) is 4.79 Å². The van der Waals surface area contributed by atoms with Gasteiger partial charge >= 0.3 is 6.03 Å². The normalized spacial score (nSPS) is 26.8. The van der Waals surface area contributed by atoms with Crippen molar-refractivity contribution in [3.8, 4) is 0 Å². The molecule has 0 radical (unpaired) electrons. The molecule has 5 N–H and O–H groups in total. The van der Waals surface area contributed by atoms with Crippen LogP contribution in [0.1, 0.15) is 93.9 Å². The minimum absolute atomic E-state index is 0.00504. The standard InChI is InChI=1S/C33H53N5O7/c1-30(2,3)25(36-29(44)37-33(16-39,31(4,5)6)17-45-19-10-9-11-19)28(43)38-15-20-22(32(20,7)8)23(38)27(42)35-21(14-18-12-13-18)24(40)26(34)41/h16,18-23,25H,9-15,17H2,1-8H3,(H2,34,41)(H,35,42)(H2,36,37,44)/t20-,21?,22-,23-,25+,33-/m0/s1. The molecule has 12 nitrogen and oxygen atoms in total. The number of likely N-dealkylation sites (tertiary alicyclic amines) is 1. The van der Waals surface area contributed by atoms with Gasteiger partial charge in [-0.2, -0.15) is 0 Å². The van der Waals surface area contributed by atoms with Crippen molar-refractivity contribution in [1.29, 1.82) is 0 Å². The predicted octanol–water partition coefficient (Wildman–Crippen LogP) is 2.08. The first-order valence-corrected chi connectivity index (χ1v) is 16.3. The molecule has 1 unspecified atom stereocenters. The second-order valence-corrected chi connectivity index (χ2v) is 16.5. The van der Waals surface area contributed by atoms with E-state index in [-0.39, 0.29) is 35.9 Å². The van der Waals surface area contributed by atoms with Gasteiger partial charge in [-0.05, 0) is 59.7 Å². The number of ketones is 1. The van der Waals surface area contributed by atoms with E-state index in [1.165, 1.54) is 4.90 Å². The Morgan fingerprint density at radius 2 is 1.62 bits per heavy atom. The van der Waals surface area contributed by atoms with Gasteiger partial charge in [0, 0.05) is 6.54 Å². The van der Waals surface area contributed by atoms with E-state index in [4.69, 9.17) is 10.5 Å². The molecule has 252 valence electrons. The number of urea groups is 1. The van der Waals surface area contributed by atoms with Gasteiger partial charge in [0.2, 0.25) is 17.6 Å². The van der Waals surface area contributed by atoms with Crippen LogP contribution in [0.25, 0.3) is 0 Å². The van der Waals surface area contributed by atoms with Crippen molar-refractivity contribution in [2.24, 2.45) is 39.7 Å². The highest BCUT2D eigenvalue weighted by molar-refractivity contribution is 6.37. The summed E-state index contributed by atoms with van der Waals surface area (Å²) in [4.78, 5) is 80.1. The number of nitrogens with zero attached hydrogens (tertiary/aromatic N) is 1. The molecule has 0 aromatic carbocycles. The number of piperidine rings is 1. The summed E-state index contributed by atoms with van der Waals surface area (Å²) in [5.41, 5.74) is 2.30. The van der Waals surface area contributed by atoms with Crippen LogP contribution in [0.4, 0.5) is 4.79 Å². The summed E-state index contributed by atoms with van der Waals surface area (Å²) in [7, 11) is 0. The van der Waals surface area contributed by atoms with Gasteiger partial charge in [-0.15, -0.1) is 0 Å². The van der Waals surface area contributed by atoms with E-state index in [2.05, 4.69) is 16.0 Å². The summed E-state index contributed by atoms with van der Waals surface area (Å²) in [6, 6.07) is -3.66. The van der Waals surface area contributed by atoms with Crippen LogP contribution in [0.15, 0.2) is 0 Å². The van der Waals surface area contributed by atoms with Crippen molar-refractivity contribution in [3.05, 3.63) is 0 Å². The lowest BCUT2D eigenvalue weighted by atomic mass is 9.74. The highest BCUT2D eigenvalue weighted by Gasteiger charge is 2.70. The molecule has 0 bridgehead atoms. The topological polar surface area (TPSA) is 177 Å². The Labute approximate surface area is 266 Å². The molecule has 1 heterocycles. The molecular formula is C33H53N5O7. The number of nitrogens with two attached hydrogens (primary N) is 1. The molecule has 4 fully saturated rings. The first kappa shape index (κ1) is 34.8. The molecular weight excluding hydrogens is 578 g/mol. The van der Waals surface area contributed by atoms with Crippen LogP contribution in [0, 0.1) is 34.0 Å². The number of nitrogens with one attached hydrogen (secondary N) is 3. The van der Waals surface area contributed by atoms with Crippen LogP contribution >= 0.6 is 0 Å². The minimum Gasteiger partial charge on any atom is -0.375 e. The van der Waals surface area contributed by atoms with Gasteiger partial charge in [0.1, 0.15) is 23.9 Å². The Kier molecular flexibility index (Phi) is 9.52. The van der Waals surface area contributed by atoms with E-state index in [1.807, 2.05) is 55.4 Å². The van der Waals surface area contributed by atoms with Crippen LogP contribution in [0.5, 0.6) is 0 Å². The quantitative estimate of drug-likeness (QED) is 0.178. The molecule has 45 heavy (non-hydrogen) atoms. The SMILES string of the molecule is CC(C)(C)[C@H](NC(=O)N[C@@](C=O)(COC1CCC1)C(C)(C)C)C(=O)N1C[C@H]2[C@@H]([C@H]1C(=O)NC(CC1CC1)C(=O)C(N)=O)C2(C)C. The van der Waals surface area contributed by atoms with E-state index in [9.17, 15) is 28.8 Å². The van der Waals surface area contributed by atoms with Gasteiger partial charge in [0.05, 0.1) is 18.8 Å². The molecule has 4 aliphatic rings. The van der Waals surface area contributed by atoms with Crippen molar-refractivity contribution in [1.82, 2.24) is 20.9 Å². The van der Waals surface area contributed by atoms with Gasteiger partial charge in [0.25, 0.3) is 5.91 Å². The van der Waals surface area contributed by atoms with Crippen LogP contribution < -0.4 is 21.7 Å². The number of hydrogen-bond donors (Lipinski definition) is 4. The fourth-order valence-corrected chi connectivity index (χ4v) is 6.81. The molecule has 12 heteroatoms. The van der Waals surface area contributed by atoms with Crippen LogP contribution in [-0.4, -0.2) is 83.6 Å². The molecule has 5 amide bonds. The average molecular weight is 632 g/mol. The number of rotatable bonds is 13. The van der Waals surface area contributed by atoms with E-state index in [0.717, 1.165) is 32.1 Å². The molecule has 0 aromatic heterocycles. The molecule has 3 saturated carbocycles. The van der Waals surface area contributed by atoms with E-state index in [0.29, 0.717) is 19.3 Å². The molecule has 0 spiro atoms. The van der Waals surface area contributed by atoms with Crippen molar-refractivity contribution in [2.45, 2.75) is 124 Å². The minimum atomic E-state index is -1.34. The highest BCUT2D eigenvalue weighted by atomic mass is 16.5. The third-order valence-corrected chi connectivity index (χ3v) is 10.8. The Balaban J connectivity index is 1.54. The first-order valence-electron chi connectivity index (χ1n) is 16.3. The molecule has 1 aliphatic heterocycles. The van der Waals surface area contributed by atoms with Crippen LogP contribution in [-0.2, 0) is 28.7 Å². The highest BCUT2D eigenvalue weighted by Crippen LogP contribution is 2.65. The molecule has 0 aromatic rings. The third-order valence-electron chi connectivity index (χ3n) is 10.8. The molecule has 6 atom stereocenters. The Morgan fingerprint density at radius 3 is 2.09 bits per heavy atom. The average Bonchev–Trinajstić information content (AvgIpc) is 3.75. The number of ether oxygens (including phenoxy) is 1. The maximum absolute atomic E-state index is 14.3. The smallest absolute Gasteiger partial charge is 0.316 e. The Hall–Kier alpha value is -3.02. The number of hydrogen-bond acceptors (Lipinski definition) is 7. The zero-order valence-electron chi connectivity index (χ0n) is 28.2. The fraction of sp³-hybridized carbons (Fsp3) is 0.818. The van der Waals surface area contributed by atoms with Gasteiger partial charge in [-0.3, -0.25) is 19.2 Å². The third kappa shape index (κ3) is 7.20. The van der Waals surface area contributed by atoms with Crippen LogP contribution in [0.2, 0.25) is 0 Å². The second kappa shape index (κ2) is 12.3. The summed E-state index contributed by atoms with van der Waals surface area (Å²) in [6.07, 6.45) is 5.80. The second-order valence-electron chi connectivity index (χ2n) is 16.5. The Bertz CT molecular complexity index is 1210. The molecule has 1 saturated heterocycles. The van der Waals surface area contributed by atoms with Gasteiger partial charge in [0.15, 0.2) is 0 Å². The van der Waals surface area contributed by atoms with Gasteiger partial charge in [-0.1, -0.05) is 68.2 Å².